The molecule has 0 spiro atoms. The van der Waals surface area contributed by atoms with Crippen LogP contribution in [0.5, 0.6) is 0 Å². The summed E-state index contributed by atoms with van der Waals surface area (Å²) in [5, 5.41) is 5.86. The van der Waals surface area contributed by atoms with Gasteiger partial charge in [0.25, 0.3) is 5.91 Å². The van der Waals surface area contributed by atoms with Crippen molar-refractivity contribution in [3.05, 3.63) is 64.7 Å². The second-order valence-electron chi connectivity index (χ2n) is 4.38. The summed E-state index contributed by atoms with van der Waals surface area (Å²) in [4.78, 5) is 22.8. The van der Waals surface area contributed by atoms with E-state index in [9.17, 15) is 9.59 Å². The van der Waals surface area contributed by atoms with Crippen LogP contribution in [0.4, 0.5) is 10.5 Å². The van der Waals surface area contributed by atoms with Crippen LogP contribution in [0.1, 0.15) is 15.9 Å². The van der Waals surface area contributed by atoms with Crippen LogP contribution in [0, 0.1) is 0 Å². The minimum Gasteiger partial charge on any atom is -0.351 e. The molecular weight excluding hydrogens is 290 g/mol. The molecule has 0 bridgehead atoms. The second kappa shape index (κ2) is 6.76. The van der Waals surface area contributed by atoms with E-state index in [1.165, 1.54) is 0 Å². The Kier molecular flexibility index (Phi) is 4.79. The summed E-state index contributed by atoms with van der Waals surface area (Å²) >= 11 is 5.80. The van der Waals surface area contributed by atoms with Gasteiger partial charge in [-0.1, -0.05) is 29.8 Å². The molecule has 0 saturated heterocycles. The highest BCUT2D eigenvalue weighted by atomic mass is 35.5. The van der Waals surface area contributed by atoms with Crippen molar-refractivity contribution in [2.24, 2.45) is 5.73 Å². The largest absolute Gasteiger partial charge is 0.351 e. The molecule has 0 radical (unpaired) electrons. The maximum atomic E-state index is 12.0. The summed E-state index contributed by atoms with van der Waals surface area (Å²) in [7, 11) is 0. The molecule has 0 aliphatic heterocycles. The number of primary amides is 1. The summed E-state index contributed by atoms with van der Waals surface area (Å²) in [6.07, 6.45) is 0. The highest BCUT2D eigenvalue weighted by molar-refractivity contribution is 6.30. The number of benzene rings is 2. The number of nitrogens with two attached hydrogens (primary N) is 1. The Labute approximate surface area is 127 Å². The second-order valence-corrected chi connectivity index (χ2v) is 4.82. The molecule has 3 amide bonds. The molecule has 0 unspecified atom stereocenters. The van der Waals surface area contributed by atoms with Gasteiger partial charge in [-0.15, -0.1) is 0 Å². The van der Waals surface area contributed by atoms with E-state index in [0.29, 0.717) is 22.8 Å². The van der Waals surface area contributed by atoms with Crippen LogP contribution in [-0.2, 0) is 6.54 Å². The Morgan fingerprint density at radius 3 is 2.48 bits per heavy atom. The van der Waals surface area contributed by atoms with E-state index < -0.39 is 6.03 Å². The van der Waals surface area contributed by atoms with E-state index >= 15 is 0 Å². The van der Waals surface area contributed by atoms with Gasteiger partial charge in [-0.3, -0.25) is 4.79 Å². The van der Waals surface area contributed by atoms with Crippen LogP contribution >= 0.6 is 11.6 Å². The number of hydrogen-bond donors (Lipinski definition) is 3. The van der Waals surface area contributed by atoms with Crippen LogP contribution in [-0.4, -0.2) is 11.9 Å². The highest BCUT2D eigenvalue weighted by Crippen LogP contribution is 2.12. The summed E-state index contributed by atoms with van der Waals surface area (Å²) in [5.41, 5.74) is 6.89. The number of amides is 3. The maximum absolute atomic E-state index is 12.0. The van der Waals surface area contributed by atoms with E-state index in [2.05, 4.69) is 10.6 Å². The molecule has 21 heavy (non-hydrogen) atoms. The fourth-order valence-electron chi connectivity index (χ4n) is 1.77. The van der Waals surface area contributed by atoms with E-state index in [1.807, 2.05) is 12.1 Å². The van der Waals surface area contributed by atoms with Crippen molar-refractivity contribution < 1.29 is 9.59 Å². The third-order valence-corrected chi connectivity index (χ3v) is 3.01. The van der Waals surface area contributed by atoms with E-state index in [0.717, 1.165) is 5.56 Å². The number of halogens is 1. The van der Waals surface area contributed by atoms with Crippen LogP contribution in [0.15, 0.2) is 48.5 Å². The van der Waals surface area contributed by atoms with Crippen LogP contribution in [0.2, 0.25) is 5.02 Å². The zero-order valence-corrected chi connectivity index (χ0v) is 11.9. The first-order valence-electron chi connectivity index (χ1n) is 6.24. The lowest BCUT2D eigenvalue weighted by Gasteiger charge is -2.07. The summed E-state index contributed by atoms with van der Waals surface area (Å²) in [6, 6.07) is 13.1. The third-order valence-electron chi connectivity index (χ3n) is 2.76. The maximum Gasteiger partial charge on any atom is 0.316 e. The molecule has 108 valence electrons. The first kappa shape index (κ1) is 14.9. The van der Waals surface area contributed by atoms with Crippen LogP contribution in [0.3, 0.4) is 0 Å². The molecular formula is C15H14ClN3O2. The van der Waals surface area contributed by atoms with Gasteiger partial charge in [-0.05, 0) is 35.9 Å². The molecule has 4 N–H and O–H groups in total. The normalized spacial score (nSPS) is 9.95. The highest BCUT2D eigenvalue weighted by Gasteiger charge is 2.06. The first-order valence-corrected chi connectivity index (χ1v) is 6.61. The summed E-state index contributed by atoms with van der Waals surface area (Å²) in [6.45, 7) is 0.392. The summed E-state index contributed by atoms with van der Waals surface area (Å²) < 4.78 is 0. The molecule has 5 nitrogen and oxygen atoms in total. The Hall–Kier alpha value is -2.53. The minimum atomic E-state index is -0.672. The number of nitrogens with one attached hydrogen (secondary N) is 2. The van der Waals surface area contributed by atoms with Crippen molar-refractivity contribution >= 4 is 29.2 Å². The number of anilines is 1. The van der Waals surface area contributed by atoms with E-state index in [1.54, 1.807) is 36.4 Å². The Balaban J connectivity index is 1.99. The number of hydrogen-bond acceptors (Lipinski definition) is 2. The van der Waals surface area contributed by atoms with Gasteiger partial charge in [0.1, 0.15) is 0 Å². The minimum absolute atomic E-state index is 0.238. The van der Waals surface area contributed by atoms with Gasteiger partial charge < -0.3 is 16.4 Å². The average molecular weight is 304 g/mol. The van der Waals surface area contributed by atoms with Crippen molar-refractivity contribution in [3.63, 3.8) is 0 Å². The lowest BCUT2D eigenvalue weighted by molar-refractivity contribution is 0.0951. The quantitative estimate of drug-likeness (QED) is 0.811. The topological polar surface area (TPSA) is 84.2 Å². The van der Waals surface area contributed by atoms with Gasteiger partial charge in [0.2, 0.25) is 0 Å². The van der Waals surface area contributed by atoms with E-state index in [4.69, 9.17) is 17.3 Å². The fourth-order valence-corrected chi connectivity index (χ4v) is 1.89. The molecule has 6 heteroatoms. The van der Waals surface area contributed by atoms with Gasteiger partial charge in [0, 0.05) is 22.8 Å². The Bertz CT molecular complexity index is 656. The monoisotopic (exact) mass is 303 g/mol. The first-order chi connectivity index (χ1) is 10.0. The van der Waals surface area contributed by atoms with Crippen molar-refractivity contribution in [2.75, 3.05) is 5.32 Å². The van der Waals surface area contributed by atoms with Gasteiger partial charge in [-0.2, -0.15) is 0 Å². The predicted octanol–water partition coefficient (Wildman–Crippen LogP) is 2.76. The predicted molar refractivity (Wildman–Crippen MR) is 82.3 cm³/mol. The standard InChI is InChI=1S/C15H14ClN3O2/c16-12-6-4-10(5-7-12)9-18-14(20)11-2-1-3-13(8-11)19-15(17)21/h1-8H,9H2,(H,18,20)(H3,17,19,21). The molecule has 2 rings (SSSR count). The van der Waals surface area contributed by atoms with E-state index in [-0.39, 0.29) is 5.91 Å². The molecule has 0 aliphatic carbocycles. The zero-order chi connectivity index (χ0) is 15.2. The van der Waals surface area contributed by atoms with Crippen molar-refractivity contribution in [2.45, 2.75) is 6.54 Å². The Morgan fingerprint density at radius 2 is 1.81 bits per heavy atom. The Morgan fingerprint density at radius 1 is 1.10 bits per heavy atom. The van der Waals surface area contributed by atoms with Gasteiger partial charge in [0.15, 0.2) is 0 Å². The molecule has 2 aromatic carbocycles. The smallest absolute Gasteiger partial charge is 0.316 e. The average Bonchev–Trinajstić information content (AvgIpc) is 2.46. The molecule has 2 aromatic rings. The number of rotatable bonds is 4. The fraction of sp³-hybridized carbons (Fsp3) is 0.0667. The lowest BCUT2D eigenvalue weighted by Crippen LogP contribution is -2.23. The lowest BCUT2D eigenvalue weighted by atomic mass is 10.1. The molecule has 0 aliphatic rings. The van der Waals surface area contributed by atoms with Crippen molar-refractivity contribution in [1.29, 1.82) is 0 Å². The number of urea groups is 1. The zero-order valence-electron chi connectivity index (χ0n) is 11.1. The van der Waals surface area contributed by atoms with Crippen LogP contribution < -0.4 is 16.4 Å². The van der Waals surface area contributed by atoms with Crippen LogP contribution in [0.25, 0.3) is 0 Å². The molecule has 0 fully saturated rings. The summed E-state index contributed by atoms with van der Waals surface area (Å²) in [5.74, 6) is -0.238. The molecule has 0 saturated carbocycles. The molecule has 0 atom stereocenters. The molecule has 0 heterocycles. The number of carbonyl (C=O) groups is 2. The van der Waals surface area contributed by atoms with Gasteiger partial charge in [-0.25, -0.2) is 4.79 Å². The van der Waals surface area contributed by atoms with Gasteiger partial charge in [0.05, 0.1) is 0 Å². The SMILES string of the molecule is NC(=O)Nc1cccc(C(=O)NCc2ccc(Cl)cc2)c1. The van der Waals surface area contributed by atoms with Crippen molar-refractivity contribution in [1.82, 2.24) is 5.32 Å². The number of carbonyl (C=O) groups excluding carboxylic acids is 2. The third kappa shape index (κ3) is 4.50. The van der Waals surface area contributed by atoms with Crippen molar-refractivity contribution in [3.8, 4) is 0 Å². The molecule has 0 aromatic heterocycles. The van der Waals surface area contributed by atoms with Gasteiger partial charge >= 0.3 is 6.03 Å².